The van der Waals surface area contributed by atoms with Crippen LogP contribution < -0.4 is 9.80 Å². The summed E-state index contributed by atoms with van der Waals surface area (Å²) in [4.78, 5) is 34.8. The van der Waals surface area contributed by atoms with Crippen LogP contribution in [0, 0.1) is 6.92 Å². The number of carbonyl (C=O) groups is 2. The van der Waals surface area contributed by atoms with E-state index in [1.165, 1.54) is 0 Å². The Morgan fingerprint density at radius 3 is 2.45 bits per heavy atom. The summed E-state index contributed by atoms with van der Waals surface area (Å²) in [6, 6.07) is 11.6. The molecule has 1 aliphatic rings. The van der Waals surface area contributed by atoms with Gasteiger partial charge in [0.05, 0.1) is 18.5 Å². The predicted octanol–water partition coefficient (Wildman–Crippen LogP) is 3.34. The van der Waals surface area contributed by atoms with Crippen molar-refractivity contribution in [2.45, 2.75) is 20.8 Å². The van der Waals surface area contributed by atoms with E-state index in [2.05, 4.69) is 9.88 Å². The van der Waals surface area contributed by atoms with E-state index >= 15 is 0 Å². The third-order valence-electron chi connectivity index (χ3n) is 5.01. The summed E-state index contributed by atoms with van der Waals surface area (Å²) in [7, 11) is 0. The van der Waals surface area contributed by atoms with Crippen molar-refractivity contribution in [2.24, 2.45) is 0 Å². The number of piperazine rings is 1. The van der Waals surface area contributed by atoms with Crippen LogP contribution in [-0.4, -0.2) is 61.2 Å². The van der Waals surface area contributed by atoms with Gasteiger partial charge in [-0.1, -0.05) is 12.1 Å². The van der Waals surface area contributed by atoms with Crippen LogP contribution in [0.3, 0.4) is 0 Å². The second kappa shape index (κ2) is 9.41. The molecular formula is C22H28N4O3. The van der Waals surface area contributed by atoms with Gasteiger partial charge in [-0.3, -0.25) is 4.79 Å². The number of nitrogens with zero attached hydrogens (tertiary/aromatic N) is 4. The van der Waals surface area contributed by atoms with Crippen LogP contribution in [0.1, 0.15) is 29.9 Å². The maximum Gasteiger partial charge on any atom is 0.409 e. The molecule has 0 saturated carbocycles. The number of aryl methyl sites for hydroxylation is 1. The van der Waals surface area contributed by atoms with Gasteiger partial charge in [-0.05, 0) is 50.6 Å². The molecule has 29 heavy (non-hydrogen) atoms. The van der Waals surface area contributed by atoms with E-state index in [9.17, 15) is 9.59 Å². The highest BCUT2D eigenvalue weighted by molar-refractivity contribution is 6.04. The van der Waals surface area contributed by atoms with E-state index in [1.807, 2.05) is 44.2 Å². The molecule has 1 fully saturated rings. The first kappa shape index (κ1) is 20.6. The quantitative estimate of drug-likeness (QED) is 0.776. The predicted molar refractivity (Wildman–Crippen MR) is 114 cm³/mol. The Bertz CT molecular complexity index is 845. The van der Waals surface area contributed by atoms with Gasteiger partial charge in [0.25, 0.3) is 5.91 Å². The third kappa shape index (κ3) is 4.85. The summed E-state index contributed by atoms with van der Waals surface area (Å²) in [5.74, 6) is -0.114. The Balaban J connectivity index is 1.65. The number of hydrogen-bond donors (Lipinski definition) is 0. The number of carbonyl (C=O) groups excluding carboxylic acids is 2. The van der Waals surface area contributed by atoms with Crippen molar-refractivity contribution >= 4 is 23.4 Å². The van der Waals surface area contributed by atoms with E-state index in [4.69, 9.17) is 4.74 Å². The molecule has 154 valence electrons. The Hall–Kier alpha value is -3.09. The summed E-state index contributed by atoms with van der Waals surface area (Å²) in [5, 5.41) is 0. The van der Waals surface area contributed by atoms with Gasteiger partial charge in [0.1, 0.15) is 5.69 Å². The number of rotatable bonds is 5. The molecule has 0 spiro atoms. The Morgan fingerprint density at radius 2 is 1.86 bits per heavy atom. The molecule has 0 aliphatic carbocycles. The van der Waals surface area contributed by atoms with Crippen LogP contribution in [0.2, 0.25) is 0 Å². The fraction of sp³-hybridized carbons (Fsp3) is 0.409. The minimum atomic E-state index is -0.262. The van der Waals surface area contributed by atoms with Crippen LogP contribution in [0.5, 0.6) is 0 Å². The molecule has 2 aromatic rings. The van der Waals surface area contributed by atoms with Gasteiger partial charge in [-0.25, -0.2) is 9.78 Å². The van der Waals surface area contributed by atoms with E-state index < -0.39 is 0 Å². The number of benzene rings is 1. The van der Waals surface area contributed by atoms with Gasteiger partial charge in [0.15, 0.2) is 0 Å². The lowest BCUT2D eigenvalue weighted by molar-refractivity contribution is 0.0982. The average molecular weight is 396 g/mol. The van der Waals surface area contributed by atoms with Crippen molar-refractivity contribution in [2.75, 3.05) is 49.1 Å². The van der Waals surface area contributed by atoms with Crippen molar-refractivity contribution in [1.82, 2.24) is 9.88 Å². The Labute approximate surface area is 171 Å². The van der Waals surface area contributed by atoms with Gasteiger partial charge in [-0.15, -0.1) is 0 Å². The van der Waals surface area contributed by atoms with E-state index in [-0.39, 0.29) is 12.0 Å². The lowest BCUT2D eigenvalue weighted by Crippen LogP contribution is -2.49. The standard InChI is InChI=1S/C22H28N4O3/c1-4-26(18-8-6-7-17(3)15-18)21(27)20-10-9-19(16-23-20)24-11-13-25(14-12-24)22(28)29-5-2/h6-10,15-16H,4-5,11-14H2,1-3H3. The van der Waals surface area contributed by atoms with Crippen LogP contribution >= 0.6 is 0 Å². The molecule has 7 nitrogen and oxygen atoms in total. The van der Waals surface area contributed by atoms with Crippen molar-refractivity contribution in [3.8, 4) is 0 Å². The molecule has 0 unspecified atom stereocenters. The fourth-order valence-corrected chi connectivity index (χ4v) is 3.44. The summed E-state index contributed by atoms with van der Waals surface area (Å²) in [6.45, 7) is 9.36. The molecule has 0 bridgehead atoms. The maximum atomic E-state index is 12.9. The molecule has 0 radical (unpaired) electrons. The van der Waals surface area contributed by atoms with E-state index in [0.29, 0.717) is 45.0 Å². The highest BCUT2D eigenvalue weighted by Crippen LogP contribution is 2.20. The van der Waals surface area contributed by atoms with Gasteiger partial charge in [0.2, 0.25) is 0 Å². The number of aromatic nitrogens is 1. The molecule has 1 aromatic heterocycles. The van der Waals surface area contributed by atoms with Gasteiger partial charge in [-0.2, -0.15) is 0 Å². The molecular weight excluding hydrogens is 368 g/mol. The van der Waals surface area contributed by atoms with Crippen LogP contribution in [-0.2, 0) is 4.74 Å². The highest BCUT2D eigenvalue weighted by atomic mass is 16.6. The lowest BCUT2D eigenvalue weighted by atomic mass is 10.2. The zero-order valence-electron chi connectivity index (χ0n) is 17.3. The van der Waals surface area contributed by atoms with E-state index in [1.54, 1.807) is 29.0 Å². The van der Waals surface area contributed by atoms with Crippen LogP contribution in [0.15, 0.2) is 42.6 Å². The van der Waals surface area contributed by atoms with Crippen LogP contribution in [0.4, 0.5) is 16.2 Å². The first-order valence-electron chi connectivity index (χ1n) is 10.0. The summed E-state index contributed by atoms with van der Waals surface area (Å²) >= 11 is 0. The van der Waals surface area contributed by atoms with Crippen molar-refractivity contribution in [1.29, 1.82) is 0 Å². The largest absolute Gasteiger partial charge is 0.450 e. The number of hydrogen-bond acceptors (Lipinski definition) is 5. The second-order valence-electron chi connectivity index (χ2n) is 6.96. The molecule has 1 aromatic carbocycles. The zero-order valence-corrected chi connectivity index (χ0v) is 17.3. The number of pyridine rings is 1. The van der Waals surface area contributed by atoms with E-state index in [0.717, 1.165) is 16.9 Å². The van der Waals surface area contributed by atoms with Crippen molar-refractivity contribution in [3.05, 3.63) is 53.9 Å². The number of ether oxygens (including phenoxy) is 1. The minimum absolute atomic E-state index is 0.114. The molecule has 3 rings (SSSR count). The van der Waals surface area contributed by atoms with Crippen molar-refractivity contribution in [3.63, 3.8) is 0 Å². The SMILES string of the molecule is CCOC(=O)N1CCN(c2ccc(C(=O)N(CC)c3cccc(C)c3)nc2)CC1. The summed E-state index contributed by atoms with van der Waals surface area (Å²) in [6.07, 6.45) is 1.47. The highest BCUT2D eigenvalue weighted by Gasteiger charge is 2.23. The second-order valence-corrected chi connectivity index (χ2v) is 6.96. The van der Waals surface area contributed by atoms with Gasteiger partial charge >= 0.3 is 6.09 Å². The minimum Gasteiger partial charge on any atom is -0.450 e. The van der Waals surface area contributed by atoms with Gasteiger partial charge < -0.3 is 19.4 Å². The average Bonchev–Trinajstić information content (AvgIpc) is 2.75. The molecule has 0 N–H and O–H groups in total. The summed E-state index contributed by atoms with van der Waals surface area (Å²) < 4.78 is 5.06. The normalized spacial score (nSPS) is 13.9. The lowest BCUT2D eigenvalue weighted by Gasteiger charge is -2.35. The Morgan fingerprint density at radius 1 is 1.10 bits per heavy atom. The van der Waals surface area contributed by atoms with Gasteiger partial charge in [0, 0.05) is 38.4 Å². The topological polar surface area (TPSA) is 66.0 Å². The molecule has 1 saturated heterocycles. The monoisotopic (exact) mass is 396 g/mol. The molecule has 2 amide bonds. The summed E-state index contributed by atoms with van der Waals surface area (Å²) in [5.41, 5.74) is 3.35. The first-order valence-corrected chi connectivity index (χ1v) is 10.0. The third-order valence-corrected chi connectivity index (χ3v) is 5.01. The van der Waals surface area contributed by atoms with Crippen molar-refractivity contribution < 1.29 is 14.3 Å². The van der Waals surface area contributed by atoms with Crippen LogP contribution in [0.25, 0.3) is 0 Å². The smallest absolute Gasteiger partial charge is 0.409 e. The fourth-order valence-electron chi connectivity index (χ4n) is 3.44. The first-order chi connectivity index (χ1) is 14.0. The molecule has 1 aliphatic heterocycles. The zero-order chi connectivity index (χ0) is 20.8. The number of anilines is 2. The Kier molecular flexibility index (Phi) is 6.69. The molecule has 7 heteroatoms. The maximum absolute atomic E-state index is 12.9. The molecule has 0 atom stereocenters. The number of amides is 2. The molecule has 2 heterocycles.